The molecule has 0 atom stereocenters. The van der Waals surface area contributed by atoms with Crippen LogP contribution >= 0.6 is 0 Å². The summed E-state index contributed by atoms with van der Waals surface area (Å²) in [7, 11) is 0. The van der Waals surface area contributed by atoms with E-state index < -0.39 is 11.9 Å². The molecule has 4 aromatic rings. The summed E-state index contributed by atoms with van der Waals surface area (Å²) >= 11 is 0. The lowest BCUT2D eigenvalue weighted by atomic mass is 10.2. The van der Waals surface area contributed by atoms with Crippen LogP contribution in [-0.4, -0.2) is 27.8 Å². The summed E-state index contributed by atoms with van der Waals surface area (Å²) in [5.74, 6) is -1.25. The molecule has 0 saturated heterocycles. The van der Waals surface area contributed by atoms with E-state index in [0.29, 0.717) is 11.3 Å². The highest BCUT2D eigenvalue weighted by Crippen LogP contribution is 2.18. The molecule has 1 amide bonds. The molecule has 0 aliphatic heterocycles. The maximum absolute atomic E-state index is 12.2. The molecule has 0 bridgehead atoms. The second-order valence-electron chi connectivity index (χ2n) is 6.00. The third-order valence-electron chi connectivity index (χ3n) is 4.18. The van der Waals surface area contributed by atoms with Crippen LogP contribution in [0, 0.1) is 0 Å². The molecule has 4 rings (SSSR count). The zero-order chi connectivity index (χ0) is 19.5. The van der Waals surface area contributed by atoms with Crippen LogP contribution in [0.25, 0.3) is 16.7 Å². The number of carbonyl (C=O) groups excluding carboxylic acids is 1. The molecule has 138 valence electrons. The van der Waals surface area contributed by atoms with Crippen molar-refractivity contribution >= 4 is 29.1 Å². The summed E-state index contributed by atoms with van der Waals surface area (Å²) < 4.78 is 7.32. The van der Waals surface area contributed by atoms with Gasteiger partial charge in [0.1, 0.15) is 5.58 Å². The van der Waals surface area contributed by atoms with Crippen LogP contribution in [-0.2, 0) is 0 Å². The smallest absolute Gasteiger partial charge is 0.335 e. The molecular weight excluding hydrogens is 358 g/mol. The van der Waals surface area contributed by atoms with Crippen molar-refractivity contribution < 1.29 is 19.1 Å². The minimum atomic E-state index is -0.978. The Balaban J connectivity index is 1.49. The molecular formula is C21H15N3O4. The van der Waals surface area contributed by atoms with Gasteiger partial charge in [0.25, 0.3) is 0 Å². The monoisotopic (exact) mass is 373 g/mol. The van der Waals surface area contributed by atoms with Crippen LogP contribution in [0.5, 0.6) is 0 Å². The molecule has 0 saturated carbocycles. The van der Waals surface area contributed by atoms with Crippen molar-refractivity contribution in [3.8, 4) is 5.69 Å². The Labute approximate surface area is 159 Å². The molecule has 0 unspecified atom stereocenters. The van der Waals surface area contributed by atoms with Crippen molar-refractivity contribution in [1.82, 2.24) is 9.99 Å². The number of carbonyl (C=O) groups is 2. The van der Waals surface area contributed by atoms with Gasteiger partial charge in [-0.25, -0.2) is 10.2 Å². The summed E-state index contributed by atoms with van der Waals surface area (Å²) in [5, 5.41) is 13.8. The van der Waals surface area contributed by atoms with E-state index in [9.17, 15) is 9.59 Å². The van der Waals surface area contributed by atoms with Crippen LogP contribution < -0.4 is 5.43 Å². The molecule has 7 nitrogen and oxygen atoms in total. The van der Waals surface area contributed by atoms with Crippen LogP contribution in [0.1, 0.15) is 26.6 Å². The molecule has 0 aliphatic rings. The molecule has 28 heavy (non-hydrogen) atoms. The van der Waals surface area contributed by atoms with Crippen LogP contribution in [0.4, 0.5) is 0 Å². The number of benzene rings is 2. The standard InChI is InChI=1S/C21H15N3O4/c25-20(19-12-15-4-1-2-6-18(15)28-19)23-22-13-17-5-3-11-24(17)16-9-7-14(8-10-16)21(26)27/h1-13H,(H,23,25)(H,26,27)/b22-13+. The molecule has 0 aliphatic carbocycles. The number of rotatable bonds is 5. The lowest BCUT2D eigenvalue weighted by Crippen LogP contribution is -2.17. The van der Waals surface area contributed by atoms with Gasteiger partial charge in [0.05, 0.1) is 17.5 Å². The number of fused-ring (bicyclic) bond motifs is 1. The van der Waals surface area contributed by atoms with Gasteiger partial charge in [-0.2, -0.15) is 5.10 Å². The minimum absolute atomic E-state index is 0.179. The van der Waals surface area contributed by atoms with Crippen molar-refractivity contribution in [1.29, 1.82) is 0 Å². The number of para-hydroxylation sites is 1. The summed E-state index contributed by atoms with van der Waals surface area (Å²) in [6.07, 6.45) is 3.32. The summed E-state index contributed by atoms with van der Waals surface area (Å²) in [4.78, 5) is 23.2. The predicted octanol–water partition coefficient (Wildman–Crippen LogP) is 3.69. The Hall–Kier alpha value is -4.13. The van der Waals surface area contributed by atoms with Crippen molar-refractivity contribution in [3.05, 3.63) is 89.9 Å². The highest BCUT2D eigenvalue weighted by atomic mass is 16.4. The number of aromatic carboxylic acids is 1. The third kappa shape index (κ3) is 3.41. The molecule has 2 aromatic heterocycles. The van der Waals surface area contributed by atoms with Gasteiger partial charge in [0, 0.05) is 17.3 Å². The number of furan rings is 1. The van der Waals surface area contributed by atoms with E-state index in [0.717, 1.165) is 11.1 Å². The normalized spacial score (nSPS) is 11.1. The van der Waals surface area contributed by atoms with Gasteiger partial charge in [-0.1, -0.05) is 18.2 Å². The van der Waals surface area contributed by atoms with Gasteiger partial charge in [-0.3, -0.25) is 4.79 Å². The van der Waals surface area contributed by atoms with Crippen LogP contribution in [0.15, 0.2) is 82.4 Å². The minimum Gasteiger partial charge on any atom is -0.478 e. The molecule has 2 aromatic carbocycles. The van der Waals surface area contributed by atoms with Gasteiger partial charge < -0.3 is 14.1 Å². The number of amides is 1. The summed E-state index contributed by atoms with van der Waals surface area (Å²) in [5.41, 5.74) is 4.79. The number of hydrogen-bond acceptors (Lipinski definition) is 4. The fraction of sp³-hybridized carbons (Fsp3) is 0. The lowest BCUT2D eigenvalue weighted by Gasteiger charge is -2.06. The third-order valence-corrected chi connectivity index (χ3v) is 4.18. The molecule has 7 heteroatoms. The van der Waals surface area contributed by atoms with E-state index in [1.54, 1.807) is 24.3 Å². The Bertz CT molecular complexity index is 1150. The molecule has 2 heterocycles. The number of nitrogens with one attached hydrogen (secondary N) is 1. The highest BCUT2D eigenvalue weighted by Gasteiger charge is 2.11. The zero-order valence-corrected chi connectivity index (χ0v) is 14.6. The second kappa shape index (κ2) is 7.24. The van der Waals surface area contributed by atoms with Crippen molar-refractivity contribution in [2.75, 3.05) is 0 Å². The van der Waals surface area contributed by atoms with Crippen molar-refractivity contribution in [3.63, 3.8) is 0 Å². The summed E-state index contributed by atoms with van der Waals surface area (Å²) in [6, 6.07) is 19.1. The van der Waals surface area contributed by atoms with E-state index in [1.165, 1.54) is 18.3 Å². The second-order valence-corrected chi connectivity index (χ2v) is 6.00. The van der Waals surface area contributed by atoms with Crippen LogP contribution in [0.3, 0.4) is 0 Å². The van der Waals surface area contributed by atoms with Crippen molar-refractivity contribution in [2.24, 2.45) is 5.10 Å². The topological polar surface area (TPSA) is 96.8 Å². The fourth-order valence-corrected chi connectivity index (χ4v) is 2.80. The summed E-state index contributed by atoms with van der Waals surface area (Å²) in [6.45, 7) is 0. The number of aromatic nitrogens is 1. The number of hydrogen-bond donors (Lipinski definition) is 2. The predicted molar refractivity (Wildman–Crippen MR) is 104 cm³/mol. The Morgan fingerprint density at radius 1 is 1.04 bits per heavy atom. The average molecular weight is 373 g/mol. The maximum atomic E-state index is 12.2. The maximum Gasteiger partial charge on any atom is 0.335 e. The van der Waals surface area contributed by atoms with Gasteiger partial charge in [-0.05, 0) is 48.5 Å². The lowest BCUT2D eigenvalue weighted by molar-refractivity contribution is 0.0696. The molecule has 0 radical (unpaired) electrons. The molecule has 0 spiro atoms. The van der Waals surface area contributed by atoms with E-state index in [4.69, 9.17) is 9.52 Å². The van der Waals surface area contributed by atoms with Crippen LogP contribution in [0.2, 0.25) is 0 Å². The van der Waals surface area contributed by atoms with E-state index in [1.807, 2.05) is 41.1 Å². The van der Waals surface area contributed by atoms with Gasteiger partial charge >= 0.3 is 11.9 Å². The highest BCUT2D eigenvalue weighted by molar-refractivity contribution is 5.96. The number of carboxylic acid groups (broad SMARTS) is 1. The Morgan fingerprint density at radius 2 is 1.82 bits per heavy atom. The zero-order valence-electron chi connectivity index (χ0n) is 14.6. The first kappa shape index (κ1) is 17.3. The molecule has 0 fully saturated rings. The first-order valence-electron chi connectivity index (χ1n) is 8.45. The Morgan fingerprint density at radius 3 is 2.57 bits per heavy atom. The van der Waals surface area contributed by atoms with Gasteiger partial charge in [0.2, 0.25) is 0 Å². The Kier molecular flexibility index (Phi) is 4.47. The number of carboxylic acids is 1. The number of nitrogens with zero attached hydrogens (tertiary/aromatic N) is 2. The quantitative estimate of drug-likeness (QED) is 0.412. The van der Waals surface area contributed by atoms with E-state index in [2.05, 4.69) is 10.5 Å². The number of hydrazone groups is 1. The molecule has 2 N–H and O–H groups in total. The van der Waals surface area contributed by atoms with Gasteiger partial charge in [0.15, 0.2) is 5.76 Å². The van der Waals surface area contributed by atoms with Gasteiger partial charge in [-0.15, -0.1) is 0 Å². The van der Waals surface area contributed by atoms with Crippen molar-refractivity contribution in [2.45, 2.75) is 0 Å². The fourth-order valence-electron chi connectivity index (χ4n) is 2.80. The first-order valence-corrected chi connectivity index (χ1v) is 8.45. The largest absolute Gasteiger partial charge is 0.478 e. The van der Waals surface area contributed by atoms with E-state index in [-0.39, 0.29) is 11.3 Å². The SMILES string of the molecule is O=C(O)c1ccc(-n2cccc2/C=N/NC(=O)c2cc3ccccc3o2)cc1. The average Bonchev–Trinajstić information content (AvgIpc) is 3.35. The van der Waals surface area contributed by atoms with E-state index >= 15 is 0 Å². The first-order chi connectivity index (χ1) is 13.6.